The van der Waals surface area contributed by atoms with Crippen molar-refractivity contribution >= 4 is 22.4 Å². The van der Waals surface area contributed by atoms with Crippen LogP contribution in [0.4, 0.5) is 5.13 Å². The molecule has 20 heavy (non-hydrogen) atoms. The molecule has 0 bridgehead atoms. The summed E-state index contributed by atoms with van der Waals surface area (Å²) in [5.74, 6) is -1.00. The van der Waals surface area contributed by atoms with Gasteiger partial charge in [-0.1, -0.05) is 36.8 Å². The SMILES string of the molecule is O=C(O)C1CCCC1Nc1nc(-c2ccccc2)cs1. The highest BCUT2D eigenvalue weighted by Gasteiger charge is 2.33. The van der Waals surface area contributed by atoms with Crippen LogP contribution in [0.2, 0.25) is 0 Å². The minimum atomic E-state index is -0.708. The zero-order valence-corrected chi connectivity index (χ0v) is 11.8. The summed E-state index contributed by atoms with van der Waals surface area (Å²) in [6.45, 7) is 0. The molecular formula is C15H16N2O2S. The maximum Gasteiger partial charge on any atom is 0.308 e. The molecular weight excluding hydrogens is 272 g/mol. The van der Waals surface area contributed by atoms with Crippen LogP contribution in [0.1, 0.15) is 19.3 Å². The summed E-state index contributed by atoms with van der Waals surface area (Å²) >= 11 is 1.53. The Labute approximate surface area is 121 Å². The molecule has 0 spiro atoms. The number of benzene rings is 1. The van der Waals surface area contributed by atoms with Gasteiger partial charge in [0.05, 0.1) is 11.6 Å². The van der Waals surface area contributed by atoms with Gasteiger partial charge >= 0.3 is 5.97 Å². The van der Waals surface area contributed by atoms with E-state index in [1.54, 1.807) is 0 Å². The van der Waals surface area contributed by atoms with E-state index in [2.05, 4.69) is 10.3 Å². The average molecular weight is 288 g/mol. The number of carbonyl (C=O) groups is 1. The molecule has 0 amide bonds. The van der Waals surface area contributed by atoms with Gasteiger partial charge in [0.25, 0.3) is 0 Å². The first kappa shape index (κ1) is 13.1. The van der Waals surface area contributed by atoms with Gasteiger partial charge in [-0.3, -0.25) is 4.79 Å². The molecule has 1 aromatic carbocycles. The number of hydrogen-bond donors (Lipinski definition) is 2. The van der Waals surface area contributed by atoms with Gasteiger partial charge in [0.1, 0.15) is 0 Å². The Morgan fingerprint density at radius 3 is 2.85 bits per heavy atom. The van der Waals surface area contributed by atoms with E-state index in [1.807, 2.05) is 35.7 Å². The lowest BCUT2D eigenvalue weighted by atomic mass is 10.0. The number of aromatic nitrogens is 1. The maximum atomic E-state index is 11.2. The molecule has 3 rings (SSSR count). The standard InChI is InChI=1S/C15H16N2O2S/c18-14(19)11-7-4-8-12(11)16-15-17-13(9-20-15)10-5-2-1-3-6-10/h1-3,5-6,9,11-12H,4,7-8H2,(H,16,17)(H,18,19). The third-order valence-electron chi connectivity index (χ3n) is 3.72. The molecule has 1 fully saturated rings. The molecule has 2 unspecified atom stereocenters. The monoisotopic (exact) mass is 288 g/mol. The average Bonchev–Trinajstić information content (AvgIpc) is 3.09. The number of carboxylic acids is 1. The van der Waals surface area contributed by atoms with E-state index in [9.17, 15) is 9.90 Å². The van der Waals surface area contributed by atoms with Crippen LogP contribution in [-0.4, -0.2) is 22.1 Å². The molecule has 4 nitrogen and oxygen atoms in total. The summed E-state index contributed by atoms with van der Waals surface area (Å²) in [7, 11) is 0. The number of nitrogens with zero attached hydrogens (tertiary/aromatic N) is 1. The summed E-state index contributed by atoms with van der Waals surface area (Å²) in [6.07, 6.45) is 2.62. The van der Waals surface area contributed by atoms with Gasteiger partial charge in [-0.25, -0.2) is 4.98 Å². The maximum absolute atomic E-state index is 11.2. The Balaban J connectivity index is 1.73. The highest BCUT2D eigenvalue weighted by atomic mass is 32.1. The normalized spacial score (nSPS) is 21.8. The minimum absolute atomic E-state index is 0.00210. The number of rotatable bonds is 4. The number of thiazole rings is 1. The summed E-state index contributed by atoms with van der Waals surface area (Å²) < 4.78 is 0. The highest BCUT2D eigenvalue weighted by molar-refractivity contribution is 7.14. The third kappa shape index (κ3) is 2.67. The van der Waals surface area contributed by atoms with Gasteiger partial charge < -0.3 is 10.4 Å². The topological polar surface area (TPSA) is 62.2 Å². The fraction of sp³-hybridized carbons (Fsp3) is 0.333. The van der Waals surface area contributed by atoms with Gasteiger partial charge in [0, 0.05) is 17.0 Å². The van der Waals surface area contributed by atoms with E-state index in [0.717, 1.165) is 35.7 Å². The fourth-order valence-electron chi connectivity index (χ4n) is 2.67. The lowest BCUT2D eigenvalue weighted by Gasteiger charge is -2.16. The summed E-state index contributed by atoms with van der Waals surface area (Å²) in [6, 6.07) is 9.99. The molecule has 1 saturated carbocycles. The lowest BCUT2D eigenvalue weighted by molar-refractivity contribution is -0.141. The number of aliphatic carboxylic acids is 1. The quantitative estimate of drug-likeness (QED) is 0.904. The van der Waals surface area contributed by atoms with Gasteiger partial charge in [-0.05, 0) is 12.8 Å². The van der Waals surface area contributed by atoms with E-state index in [1.165, 1.54) is 11.3 Å². The van der Waals surface area contributed by atoms with Crippen LogP contribution in [0.3, 0.4) is 0 Å². The predicted octanol–water partition coefficient (Wildman–Crippen LogP) is 3.48. The first-order valence-corrected chi connectivity index (χ1v) is 7.62. The van der Waals surface area contributed by atoms with Crippen molar-refractivity contribution in [1.82, 2.24) is 4.98 Å². The molecule has 2 aromatic rings. The zero-order valence-electron chi connectivity index (χ0n) is 11.0. The second-order valence-electron chi connectivity index (χ2n) is 5.03. The molecule has 1 heterocycles. The van der Waals surface area contributed by atoms with Crippen molar-refractivity contribution in [3.8, 4) is 11.3 Å². The Morgan fingerprint density at radius 2 is 2.10 bits per heavy atom. The lowest BCUT2D eigenvalue weighted by Crippen LogP contribution is -2.29. The largest absolute Gasteiger partial charge is 0.481 e. The van der Waals surface area contributed by atoms with Crippen LogP contribution in [-0.2, 0) is 4.79 Å². The Morgan fingerprint density at radius 1 is 1.30 bits per heavy atom. The van der Waals surface area contributed by atoms with Crippen molar-refractivity contribution in [2.24, 2.45) is 5.92 Å². The van der Waals surface area contributed by atoms with Crippen LogP contribution >= 0.6 is 11.3 Å². The highest BCUT2D eigenvalue weighted by Crippen LogP contribution is 2.31. The van der Waals surface area contributed by atoms with Crippen molar-refractivity contribution in [2.45, 2.75) is 25.3 Å². The van der Waals surface area contributed by atoms with Gasteiger partial charge in [0.15, 0.2) is 5.13 Å². The molecule has 1 aliphatic carbocycles. The van der Waals surface area contributed by atoms with E-state index < -0.39 is 5.97 Å². The van der Waals surface area contributed by atoms with Gasteiger partial charge in [-0.15, -0.1) is 11.3 Å². The van der Waals surface area contributed by atoms with Gasteiger partial charge in [0.2, 0.25) is 0 Å². The fourth-order valence-corrected chi connectivity index (χ4v) is 3.45. The van der Waals surface area contributed by atoms with Crippen molar-refractivity contribution < 1.29 is 9.90 Å². The van der Waals surface area contributed by atoms with Crippen LogP contribution < -0.4 is 5.32 Å². The van der Waals surface area contributed by atoms with Crippen molar-refractivity contribution in [3.05, 3.63) is 35.7 Å². The predicted molar refractivity (Wildman–Crippen MR) is 79.9 cm³/mol. The van der Waals surface area contributed by atoms with Crippen molar-refractivity contribution in [3.63, 3.8) is 0 Å². The van der Waals surface area contributed by atoms with E-state index in [4.69, 9.17) is 0 Å². The molecule has 0 radical (unpaired) electrons. The number of carboxylic acid groups (broad SMARTS) is 1. The smallest absolute Gasteiger partial charge is 0.308 e. The summed E-state index contributed by atoms with van der Waals surface area (Å²) in [5, 5.41) is 15.3. The van der Waals surface area contributed by atoms with E-state index >= 15 is 0 Å². The molecule has 2 N–H and O–H groups in total. The number of nitrogens with one attached hydrogen (secondary N) is 1. The number of anilines is 1. The molecule has 2 atom stereocenters. The number of hydrogen-bond acceptors (Lipinski definition) is 4. The first-order chi connectivity index (χ1) is 9.74. The van der Waals surface area contributed by atoms with Crippen molar-refractivity contribution in [1.29, 1.82) is 0 Å². The van der Waals surface area contributed by atoms with E-state index in [0.29, 0.717) is 0 Å². The first-order valence-electron chi connectivity index (χ1n) is 6.74. The molecule has 0 aliphatic heterocycles. The zero-order chi connectivity index (χ0) is 13.9. The summed E-state index contributed by atoms with van der Waals surface area (Å²) in [4.78, 5) is 15.7. The molecule has 0 saturated heterocycles. The van der Waals surface area contributed by atoms with Crippen LogP contribution in [0.5, 0.6) is 0 Å². The Bertz CT molecular complexity index is 597. The molecule has 1 aliphatic rings. The second kappa shape index (κ2) is 5.63. The van der Waals surface area contributed by atoms with Crippen LogP contribution in [0.15, 0.2) is 35.7 Å². The third-order valence-corrected chi connectivity index (χ3v) is 4.49. The molecule has 1 aromatic heterocycles. The summed E-state index contributed by atoms with van der Waals surface area (Å²) in [5.41, 5.74) is 2.01. The second-order valence-corrected chi connectivity index (χ2v) is 5.89. The molecule has 104 valence electrons. The van der Waals surface area contributed by atoms with E-state index in [-0.39, 0.29) is 12.0 Å². The molecule has 5 heteroatoms. The Kier molecular flexibility index (Phi) is 3.69. The van der Waals surface area contributed by atoms with Crippen LogP contribution in [0, 0.1) is 5.92 Å². The van der Waals surface area contributed by atoms with Crippen LogP contribution in [0.25, 0.3) is 11.3 Å². The Hall–Kier alpha value is -1.88. The van der Waals surface area contributed by atoms with Gasteiger partial charge in [-0.2, -0.15) is 0 Å². The minimum Gasteiger partial charge on any atom is -0.481 e. The van der Waals surface area contributed by atoms with Crippen molar-refractivity contribution in [2.75, 3.05) is 5.32 Å².